The van der Waals surface area contributed by atoms with E-state index >= 15 is 0 Å². The molecule has 1 aromatic rings. The molecule has 0 aromatic carbocycles. The number of hydrogen-bond acceptors (Lipinski definition) is 3. The molecule has 1 aliphatic carbocycles. The summed E-state index contributed by atoms with van der Waals surface area (Å²) in [6.45, 7) is 2.90. The Morgan fingerprint density at radius 1 is 1.65 bits per heavy atom. The molecule has 17 heavy (non-hydrogen) atoms. The smallest absolute Gasteiger partial charge is 0.0934 e. The Morgan fingerprint density at radius 3 is 3.24 bits per heavy atom. The van der Waals surface area contributed by atoms with E-state index in [9.17, 15) is 5.11 Å². The van der Waals surface area contributed by atoms with Crippen molar-refractivity contribution in [2.75, 3.05) is 6.54 Å². The number of halogens is 1. The van der Waals surface area contributed by atoms with Gasteiger partial charge in [0.15, 0.2) is 0 Å². The predicted molar refractivity (Wildman–Crippen MR) is 73.9 cm³/mol. The number of fused-ring (bicyclic) bond motifs is 1. The summed E-state index contributed by atoms with van der Waals surface area (Å²) < 4.78 is 0.900. The van der Waals surface area contributed by atoms with Crippen LogP contribution in [0.3, 0.4) is 0 Å². The van der Waals surface area contributed by atoms with Crippen molar-refractivity contribution in [3.8, 4) is 0 Å². The first-order valence-electron chi connectivity index (χ1n) is 6.40. The molecule has 1 heterocycles. The van der Waals surface area contributed by atoms with Gasteiger partial charge in [0, 0.05) is 10.9 Å². The topological polar surface area (TPSA) is 32.3 Å². The van der Waals surface area contributed by atoms with Crippen LogP contribution in [0.4, 0.5) is 0 Å². The van der Waals surface area contributed by atoms with Crippen LogP contribution in [-0.4, -0.2) is 17.8 Å². The fraction of sp³-hybridized carbons (Fsp3) is 0.692. The number of aryl methyl sites for hydroxylation is 1. The van der Waals surface area contributed by atoms with Gasteiger partial charge in [0.2, 0.25) is 0 Å². The summed E-state index contributed by atoms with van der Waals surface area (Å²) in [4.78, 5) is 1.44. The molecule has 2 unspecified atom stereocenters. The van der Waals surface area contributed by atoms with Crippen LogP contribution in [0, 0.1) is 0 Å². The number of aliphatic hydroxyl groups excluding tert-OH is 1. The summed E-state index contributed by atoms with van der Waals surface area (Å²) in [6.07, 6.45) is 5.08. The van der Waals surface area contributed by atoms with E-state index in [1.807, 2.05) is 6.92 Å². The van der Waals surface area contributed by atoms with Gasteiger partial charge in [-0.05, 0) is 50.3 Å². The van der Waals surface area contributed by atoms with Crippen LogP contribution in [0.15, 0.2) is 6.07 Å². The lowest BCUT2D eigenvalue weighted by Crippen LogP contribution is -2.27. The number of rotatable bonds is 5. The minimum atomic E-state index is -0.170. The molecule has 2 rings (SSSR count). The highest BCUT2D eigenvalue weighted by Crippen LogP contribution is 2.37. The van der Waals surface area contributed by atoms with E-state index in [0.29, 0.717) is 6.04 Å². The van der Waals surface area contributed by atoms with E-state index in [0.717, 1.165) is 23.7 Å². The normalized spacial score (nSPS) is 21.2. The fourth-order valence-corrected chi connectivity index (χ4v) is 3.75. The van der Waals surface area contributed by atoms with E-state index < -0.39 is 0 Å². The van der Waals surface area contributed by atoms with Crippen molar-refractivity contribution < 1.29 is 5.11 Å². The molecular formula is C13H20ClNOS. The molecule has 0 bridgehead atoms. The Kier molecular flexibility index (Phi) is 4.86. The third kappa shape index (κ3) is 3.44. The van der Waals surface area contributed by atoms with E-state index in [1.165, 1.54) is 29.7 Å². The third-order valence-electron chi connectivity index (χ3n) is 3.42. The molecule has 1 aliphatic rings. The number of nitrogens with one attached hydrogen (secondary N) is 1. The van der Waals surface area contributed by atoms with Crippen molar-refractivity contribution in [3.63, 3.8) is 0 Å². The maximum Gasteiger partial charge on any atom is 0.0934 e. The molecule has 0 amide bonds. The Morgan fingerprint density at radius 2 is 2.47 bits per heavy atom. The highest BCUT2D eigenvalue weighted by Gasteiger charge is 2.22. The Labute approximate surface area is 112 Å². The standard InChI is InChI=1S/C13H20ClNOS/c1-2-9(16)6-7-15-11-4-3-5-12-10(11)8-13(14)17-12/h8-9,11,15-16H,2-7H2,1H3. The van der Waals surface area contributed by atoms with E-state index in [2.05, 4.69) is 11.4 Å². The van der Waals surface area contributed by atoms with Crippen LogP contribution in [-0.2, 0) is 6.42 Å². The summed E-state index contributed by atoms with van der Waals surface area (Å²) in [7, 11) is 0. The maximum atomic E-state index is 9.53. The maximum absolute atomic E-state index is 9.53. The third-order valence-corrected chi connectivity index (χ3v) is 4.76. The second-order valence-corrected chi connectivity index (χ2v) is 6.45. The molecule has 4 heteroatoms. The average Bonchev–Trinajstić information content (AvgIpc) is 2.70. The zero-order valence-electron chi connectivity index (χ0n) is 10.2. The van der Waals surface area contributed by atoms with Crippen LogP contribution in [0.2, 0.25) is 4.34 Å². The van der Waals surface area contributed by atoms with Crippen molar-refractivity contribution in [2.45, 2.75) is 51.2 Å². The average molecular weight is 274 g/mol. The summed E-state index contributed by atoms with van der Waals surface area (Å²) in [5, 5.41) is 13.1. The minimum Gasteiger partial charge on any atom is -0.393 e. The van der Waals surface area contributed by atoms with Gasteiger partial charge in [-0.3, -0.25) is 0 Å². The molecule has 0 aliphatic heterocycles. The molecule has 0 fully saturated rings. The van der Waals surface area contributed by atoms with Gasteiger partial charge >= 0.3 is 0 Å². The summed E-state index contributed by atoms with van der Waals surface area (Å²) in [5.41, 5.74) is 1.39. The van der Waals surface area contributed by atoms with Crippen molar-refractivity contribution >= 4 is 22.9 Å². The van der Waals surface area contributed by atoms with Crippen molar-refractivity contribution in [1.29, 1.82) is 0 Å². The highest BCUT2D eigenvalue weighted by atomic mass is 35.5. The molecule has 0 saturated heterocycles. The second-order valence-electron chi connectivity index (χ2n) is 4.68. The van der Waals surface area contributed by atoms with E-state index in [-0.39, 0.29) is 6.10 Å². The molecular weight excluding hydrogens is 254 g/mol. The fourth-order valence-electron chi connectivity index (χ4n) is 2.36. The van der Waals surface area contributed by atoms with Crippen molar-refractivity contribution in [1.82, 2.24) is 5.32 Å². The van der Waals surface area contributed by atoms with Crippen LogP contribution in [0.1, 0.15) is 49.1 Å². The first kappa shape index (κ1) is 13.3. The quantitative estimate of drug-likeness (QED) is 0.860. The van der Waals surface area contributed by atoms with Gasteiger partial charge in [-0.15, -0.1) is 11.3 Å². The Balaban J connectivity index is 1.90. The van der Waals surface area contributed by atoms with Gasteiger partial charge in [0.1, 0.15) is 0 Å². The highest BCUT2D eigenvalue weighted by molar-refractivity contribution is 7.16. The lowest BCUT2D eigenvalue weighted by molar-refractivity contribution is 0.158. The SMILES string of the molecule is CCC(O)CCNC1CCCc2sc(Cl)cc21. The zero-order chi connectivity index (χ0) is 12.3. The molecule has 0 saturated carbocycles. The largest absolute Gasteiger partial charge is 0.393 e. The summed E-state index contributed by atoms with van der Waals surface area (Å²) in [6, 6.07) is 2.54. The lowest BCUT2D eigenvalue weighted by Gasteiger charge is -2.24. The van der Waals surface area contributed by atoms with Gasteiger partial charge in [0.05, 0.1) is 10.4 Å². The molecule has 0 radical (unpaired) electrons. The molecule has 2 atom stereocenters. The molecule has 2 nitrogen and oxygen atoms in total. The van der Waals surface area contributed by atoms with Gasteiger partial charge in [-0.2, -0.15) is 0 Å². The predicted octanol–water partition coefficient (Wildman–Crippen LogP) is 3.53. The van der Waals surface area contributed by atoms with Crippen molar-refractivity contribution in [2.24, 2.45) is 0 Å². The zero-order valence-corrected chi connectivity index (χ0v) is 11.8. The second kappa shape index (κ2) is 6.19. The molecule has 0 spiro atoms. The van der Waals surface area contributed by atoms with Crippen molar-refractivity contribution in [3.05, 3.63) is 20.8 Å². The van der Waals surface area contributed by atoms with E-state index in [4.69, 9.17) is 11.6 Å². The van der Waals surface area contributed by atoms with E-state index in [1.54, 1.807) is 11.3 Å². The van der Waals surface area contributed by atoms with Crippen LogP contribution < -0.4 is 5.32 Å². The number of aliphatic hydroxyl groups is 1. The van der Waals surface area contributed by atoms with Gasteiger partial charge in [-0.1, -0.05) is 18.5 Å². The molecule has 96 valence electrons. The number of thiophene rings is 1. The van der Waals surface area contributed by atoms with Crippen LogP contribution >= 0.6 is 22.9 Å². The Hall–Kier alpha value is -0.0900. The first-order valence-corrected chi connectivity index (χ1v) is 7.59. The lowest BCUT2D eigenvalue weighted by atomic mass is 9.94. The van der Waals surface area contributed by atoms with Gasteiger partial charge < -0.3 is 10.4 Å². The summed E-state index contributed by atoms with van der Waals surface area (Å²) in [5.74, 6) is 0. The minimum absolute atomic E-state index is 0.170. The first-order chi connectivity index (χ1) is 8.20. The van der Waals surface area contributed by atoms with Gasteiger partial charge in [0.25, 0.3) is 0 Å². The monoisotopic (exact) mass is 273 g/mol. The summed E-state index contributed by atoms with van der Waals surface area (Å²) >= 11 is 7.79. The van der Waals surface area contributed by atoms with Crippen LogP contribution in [0.5, 0.6) is 0 Å². The molecule has 2 N–H and O–H groups in total. The van der Waals surface area contributed by atoms with Crippen LogP contribution in [0.25, 0.3) is 0 Å². The number of hydrogen-bond donors (Lipinski definition) is 2. The van der Waals surface area contributed by atoms with Gasteiger partial charge in [-0.25, -0.2) is 0 Å². The molecule has 1 aromatic heterocycles. The Bertz CT molecular complexity index is 366.